The van der Waals surface area contributed by atoms with Gasteiger partial charge in [0.1, 0.15) is 0 Å². The number of rotatable bonds is 3. The minimum Gasteiger partial charge on any atom is -0.314 e. The van der Waals surface area contributed by atoms with E-state index < -0.39 is 0 Å². The van der Waals surface area contributed by atoms with Crippen LogP contribution in [0.15, 0.2) is 12.3 Å². The third kappa shape index (κ3) is 3.44. The molecule has 0 radical (unpaired) electrons. The summed E-state index contributed by atoms with van der Waals surface area (Å²) < 4.78 is 2.12. The molecule has 1 aromatic rings. The van der Waals surface area contributed by atoms with E-state index in [-0.39, 0.29) is 12.4 Å². The molecule has 1 fully saturated rings. The van der Waals surface area contributed by atoms with Crippen LogP contribution in [0.5, 0.6) is 0 Å². The predicted octanol–water partition coefficient (Wildman–Crippen LogP) is 1.68. The second-order valence-electron chi connectivity index (χ2n) is 4.88. The third-order valence-electron chi connectivity index (χ3n) is 3.25. The van der Waals surface area contributed by atoms with Crippen molar-refractivity contribution in [3.63, 3.8) is 0 Å². The van der Waals surface area contributed by atoms with Crippen molar-refractivity contribution in [1.82, 2.24) is 20.0 Å². The van der Waals surface area contributed by atoms with E-state index in [2.05, 4.69) is 46.8 Å². The summed E-state index contributed by atoms with van der Waals surface area (Å²) in [4.78, 5) is 2.52. The van der Waals surface area contributed by atoms with Crippen LogP contribution in [0.4, 0.5) is 0 Å². The number of nitrogens with zero attached hydrogens (tertiary/aromatic N) is 3. The smallest absolute Gasteiger partial charge is 0.0527 e. The van der Waals surface area contributed by atoms with Gasteiger partial charge < -0.3 is 5.32 Å². The Labute approximate surface area is 110 Å². The van der Waals surface area contributed by atoms with E-state index in [9.17, 15) is 0 Å². The molecule has 0 aliphatic carbocycles. The normalized spacial score (nSPS) is 21.5. The SMILES string of the molecule is CC1CNCCN1Cc1ccnn1C(C)C.Cl. The van der Waals surface area contributed by atoms with Gasteiger partial charge in [-0.1, -0.05) is 0 Å². The molecule has 0 saturated carbocycles. The fourth-order valence-corrected chi connectivity index (χ4v) is 2.26. The van der Waals surface area contributed by atoms with Gasteiger partial charge in [0.2, 0.25) is 0 Å². The fourth-order valence-electron chi connectivity index (χ4n) is 2.26. The Morgan fingerprint density at radius 2 is 2.29 bits per heavy atom. The van der Waals surface area contributed by atoms with E-state index in [1.165, 1.54) is 5.69 Å². The van der Waals surface area contributed by atoms with Gasteiger partial charge in [-0.25, -0.2) is 0 Å². The van der Waals surface area contributed by atoms with Crippen LogP contribution < -0.4 is 5.32 Å². The Balaban J connectivity index is 0.00000144. The summed E-state index contributed by atoms with van der Waals surface area (Å²) in [6.45, 7) is 11.0. The average molecular weight is 259 g/mol. The molecule has 5 heteroatoms. The number of halogens is 1. The van der Waals surface area contributed by atoms with E-state index in [4.69, 9.17) is 0 Å². The molecule has 4 nitrogen and oxygen atoms in total. The van der Waals surface area contributed by atoms with Gasteiger partial charge >= 0.3 is 0 Å². The monoisotopic (exact) mass is 258 g/mol. The summed E-state index contributed by atoms with van der Waals surface area (Å²) in [6, 6.07) is 3.20. The lowest BCUT2D eigenvalue weighted by atomic mass is 10.2. The molecular weight excluding hydrogens is 236 g/mol. The quantitative estimate of drug-likeness (QED) is 0.896. The summed E-state index contributed by atoms with van der Waals surface area (Å²) >= 11 is 0. The first-order valence-corrected chi connectivity index (χ1v) is 6.15. The van der Waals surface area contributed by atoms with Crippen LogP contribution in [0.25, 0.3) is 0 Å². The van der Waals surface area contributed by atoms with Gasteiger partial charge in [-0.2, -0.15) is 5.10 Å². The molecule has 2 heterocycles. The molecule has 1 saturated heterocycles. The zero-order valence-corrected chi connectivity index (χ0v) is 11.7. The van der Waals surface area contributed by atoms with Crippen LogP contribution in [-0.4, -0.2) is 40.4 Å². The van der Waals surface area contributed by atoms with Crippen molar-refractivity contribution < 1.29 is 0 Å². The lowest BCUT2D eigenvalue weighted by molar-refractivity contribution is 0.160. The molecule has 1 N–H and O–H groups in total. The number of hydrogen-bond acceptors (Lipinski definition) is 3. The van der Waals surface area contributed by atoms with Crippen molar-refractivity contribution >= 4 is 12.4 Å². The molecule has 0 spiro atoms. The van der Waals surface area contributed by atoms with E-state index in [0.29, 0.717) is 12.1 Å². The maximum absolute atomic E-state index is 4.38. The molecule has 1 unspecified atom stereocenters. The molecule has 2 rings (SSSR count). The number of hydrogen-bond donors (Lipinski definition) is 1. The summed E-state index contributed by atoms with van der Waals surface area (Å²) in [5, 5.41) is 7.80. The number of piperazine rings is 1. The molecule has 98 valence electrons. The Morgan fingerprint density at radius 1 is 1.53 bits per heavy atom. The van der Waals surface area contributed by atoms with Gasteiger partial charge in [-0.3, -0.25) is 9.58 Å². The maximum atomic E-state index is 4.38. The van der Waals surface area contributed by atoms with Crippen molar-refractivity contribution in [3.05, 3.63) is 18.0 Å². The highest BCUT2D eigenvalue weighted by Gasteiger charge is 2.19. The Bertz CT molecular complexity index is 337. The van der Waals surface area contributed by atoms with Crippen molar-refractivity contribution in [2.45, 2.75) is 39.4 Å². The third-order valence-corrected chi connectivity index (χ3v) is 3.25. The van der Waals surface area contributed by atoms with Crippen LogP contribution >= 0.6 is 12.4 Å². The second-order valence-corrected chi connectivity index (χ2v) is 4.88. The van der Waals surface area contributed by atoms with Crippen LogP contribution in [0.2, 0.25) is 0 Å². The van der Waals surface area contributed by atoms with Gasteiger partial charge in [0, 0.05) is 44.5 Å². The van der Waals surface area contributed by atoms with Crippen molar-refractivity contribution in [3.8, 4) is 0 Å². The first kappa shape index (κ1) is 14.5. The molecule has 0 amide bonds. The Hall–Kier alpha value is -0.580. The summed E-state index contributed by atoms with van der Waals surface area (Å²) in [5.41, 5.74) is 1.32. The second kappa shape index (κ2) is 6.38. The molecule has 0 aromatic carbocycles. The minimum absolute atomic E-state index is 0. The van der Waals surface area contributed by atoms with Gasteiger partial charge in [-0.15, -0.1) is 12.4 Å². The Morgan fingerprint density at radius 3 is 2.94 bits per heavy atom. The first-order valence-electron chi connectivity index (χ1n) is 6.15. The van der Waals surface area contributed by atoms with E-state index in [1.807, 2.05) is 6.20 Å². The van der Waals surface area contributed by atoms with Gasteiger partial charge in [0.25, 0.3) is 0 Å². The molecule has 1 atom stereocenters. The van der Waals surface area contributed by atoms with Gasteiger partial charge in [-0.05, 0) is 26.8 Å². The lowest BCUT2D eigenvalue weighted by Crippen LogP contribution is -2.49. The molecule has 1 aliphatic heterocycles. The zero-order chi connectivity index (χ0) is 11.5. The molecule has 1 aliphatic rings. The Kier molecular flexibility index (Phi) is 5.43. The number of aromatic nitrogens is 2. The summed E-state index contributed by atoms with van der Waals surface area (Å²) in [5.74, 6) is 0. The van der Waals surface area contributed by atoms with Crippen LogP contribution in [0, 0.1) is 0 Å². The molecule has 1 aromatic heterocycles. The van der Waals surface area contributed by atoms with Crippen LogP contribution in [-0.2, 0) is 6.54 Å². The average Bonchev–Trinajstić information content (AvgIpc) is 2.69. The first-order chi connectivity index (χ1) is 7.68. The maximum Gasteiger partial charge on any atom is 0.0527 e. The largest absolute Gasteiger partial charge is 0.314 e. The van der Waals surface area contributed by atoms with E-state index in [1.54, 1.807) is 0 Å². The van der Waals surface area contributed by atoms with Crippen molar-refractivity contribution in [2.75, 3.05) is 19.6 Å². The minimum atomic E-state index is 0. The lowest BCUT2D eigenvalue weighted by Gasteiger charge is -2.34. The van der Waals surface area contributed by atoms with Gasteiger partial charge in [0.15, 0.2) is 0 Å². The highest BCUT2D eigenvalue weighted by Crippen LogP contribution is 2.13. The number of nitrogens with one attached hydrogen (secondary N) is 1. The predicted molar refractivity (Wildman–Crippen MR) is 72.6 cm³/mol. The molecule has 17 heavy (non-hydrogen) atoms. The highest BCUT2D eigenvalue weighted by atomic mass is 35.5. The van der Waals surface area contributed by atoms with Crippen molar-refractivity contribution in [1.29, 1.82) is 0 Å². The topological polar surface area (TPSA) is 33.1 Å². The fraction of sp³-hybridized carbons (Fsp3) is 0.750. The van der Waals surface area contributed by atoms with Crippen LogP contribution in [0.3, 0.4) is 0 Å². The van der Waals surface area contributed by atoms with E-state index in [0.717, 1.165) is 26.2 Å². The summed E-state index contributed by atoms with van der Waals surface area (Å²) in [7, 11) is 0. The van der Waals surface area contributed by atoms with Gasteiger partial charge in [0.05, 0.1) is 5.69 Å². The standard InChI is InChI=1S/C12H22N4.ClH/c1-10(2)16-12(4-5-14-16)9-15-7-6-13-8-11(15)3;/h4-5,10-11,13H,6-9H2,1-3H3;1H. The zero-order valence-electron chi connectivity index (χ0n) is 10.9. The van der Waals surface area contributed by atoms with Crippen molar-refractivity contribution in [2.24, 2.45) is 0 Å². The summed E-state index contributed by atoms with van der Waals surface area (Å²) in [6.07, 6.45) is 1.90. The van der Waals surface area contributed by atoms with E-state index >= 15 is 0 Å². The molecule has 0 bridgehead atoms. The van der Waals surface area contributed by atoms with Crippen LogP contribution in [0.1, 0.15) is 32.5 Å². The molecular formula is C12H23ClN4. The highest BCUT2D eigenvalue weighted by molar-refractivity contribution is 5.85.